The number of aromatic nitrogens is 1. The van der Waals surface area contributed by atoms with Gasteiger partial charge < -0.3 is 10.1 Å². The van der Waals surface area contributed by atoms with Crippen molar-refractivity contribution in [3.05, 3.63) is 42.6 Å². The van der Waals surface area contributed by atoms with Gasteiger partial charge in [0.1, 0.15) is 11.5 Å². The van der Waals surface area contributed by atoms with Crippen LogP contribution in [0.25, 0.3) is 0 Å². The Kier molecular flexibility index (Phi) is 3.87. The summed E-state index contributed by atoms with van der Waals surface area (Å²) in [7, 11) is 0. The van der Waals surface area contributed by atoms with Crippen molar-refractivity contribution in [3.63, 3.8) is 0 Å². The third kappa shape index (κ3) is 3.64. The molecule has 1 amide bonds. The van der Waals surface area contributed by atoms with Gasteiger partial charge >= 0.3 is 0 Å². The first-order valence-corrected chi connectivity index (χ1v) is 5.65. The van der Waals surface area contributed by atoms with Gasteiger partial charge in [-0.1, -0.05) is 0 Å². The van der Waals surface area contributed by atoms with Crippen molar-refractivity contribution in [1.82, 2.24) is 4.98 Å². The van der Waals surface area contributed by atoms with Crippen molar-refractivity contribution in [3.8, 4) is 11.5 Å². The van der Waals surface area contributed by atoms with Crippen LogP contribution in [-0.2, 0) is 4.79 Å². The van der Waals surface area contributed by atoms with Gasteiger partial charge in [-0.3, -0.25) is 4.79 Å². The van der Waals surface area contributed by atoms with Crippen LogP contribution in [0.15, 0.2) is 47.6 Å². The number of carbonyl (C=O) groups is 1. The van der Waals surface area contributed by atoms with Crippen molar-refractivity contribution in [2.45, 2.75) is 6.92 Å². The fourth-order valence-electron chi connectivity index (χ4n) is 1.47. The van der Waals surface area contributed by atoms with E-state index in [4.69, 9.17) is 4.74 Å². The molecule has 2 aromatic rings. The number of pyridine rings is 1. The first-order valence-electron chi connectivity index (χ1n) is 5.65. The summed E-state index contributed by atoms with van der Waals surface area (Å²) in [6.07, 6.45) is 1.58. The summed E-state index contributed by atoms with van der Waals surface area (Å²) in [6, 6.07) is 10.6. The highest BCUT2D eigenvalue weighted by Crippen LogP contribution is 2.23. The Balaban J connectivity index is 2.05. The second kappa shape index (κ2) is 5.77. The number of hydrogen-bond acceptors (Lipinski definition) is 4. The van der Waals surface area contributed by atoms with Crippen molar-refractivity contribution in [2.24, 2.45) is 4.99 Å². The van der Waals surface area contributed by atoms with E-state index in [9.17, 15) is 4.79 Å². The number of amides is 1. The minimum absolute atomic E-state index is 0.106. The lowest BCUT2D eigenvalue weighted by atomic mass is 10.3. The number of hydrogen-bond donors (Lipinski definition) is 1. The molecule has 0 aliphatic carbocycles. The van der Waals surface area contributed by atoms with Gasteiger partial charge in [-0.25, -0.2) is 9.98 Å². The zero-order valence-electron chi connectivity index (χ0n) is 10.5. The number of anilines is 1. The van der Waals surface area contributed by atoms with Crippen LogP contribution in [0.5, 0.6) is 11.5 Å². The molecular formula is C14H13N3O2. The molecule has 0 bridgehead atoms. The van der Waals surface area contributed by atoms with Gasteiger partial charge in [-0.2, -0.15) is 0 Å². The normalized spacial score (nSPS) is 9.74. The number of benzene rings is 1. The maximum Gasteiger partial charge on any atom is 0.221 e. The molecular weight excluding hydrogens is 242 g/mol. The molecule has 1 aromatic heterocycles. The van der Waals surface area contributed by atoms with E-state index in [1.165, 1.54) is 6.92 Å². The second-order valence-electron chi connectivity index (χ2n) is 3.82. The average molecular weight is 255 g/mol. The molecule has 1 heterocycles. The summed E-state index contributed by atoms with van der Waals surface area (Å²) in [5.74, 6) is 1.72. The Morgan fingerprint density at radius 1 is 1.21 bits per heavy atom. The highest BCUT2D eigenvalue weighted by molar-refractivity contribution is 5.88. The maximum atomic E-state index is 10.9. The van der Waals surface area contributed by atoms with Crippen molar-refractivity contribution >= 4 is 24.1 Å². The molecule has 0 radical (unpaired) electrons. The van der Waals surface area contributed by atoms with Gasteiger partial charge in [-0.05, 0) is 43.1 Å². The molecule has 0 atom stereocenters. The molecule has 1 N–H and O–H groups in total. The molecule has 0 saturated carbocycles. The zero-order valence-corrected chi connectivity index (χ0v) is 10.5. The lowest BCUT2D eigenvalue weighted by molar-refractivity contribution is -0.114. The van der Waals surface area contributed by atoms with Gasteiger partial charge in [0.15, 0.2) is 5.82 Å². The van der Waals surface area contributed by atoms with E-state index in [1.54, 1.807) is 42.6 Å². The van der Waals surface area contributed by atoms with E-state index in [1.807, 2.05) is 0 Å². The SMILES string of the molecule is C=Nc1ccc(Oc2ccc(NC(C)=O)cc2)cn1. The van der Waals surface area contributed by atoms with Crippen molar-refractivity contribution < 1.29 is 9.53 Å². The molecule has 96 valence electrons. The Hall–Kier alpha value is -2.69. The van der Waals surface area contributed by atoms with E-state index >= 15 is 0 Å². The average Bonchev–Trinajstić information content (AvgIpc) is 2.41. The standard InChI is InChI=1S/C14H13N3O2/c1-10(18)17-11-3-5-12(6-4-11)19-13-7-8-14(15-2)16-9-13/h3-9H,2H2,1H3,(H,17,18). The van der Waals surface area contributed by atoms with Gasteiger partial charge in [0.25, 0.3) is 0 Å². The molecule has 0 unspecified atom stereocenters. The van der Waals surface area contributed by atoms with Crippen LogP contribution in [0, 0.1) is 0 Å². The summed E-state index contributed by atoms with van der Waals surface area (Å²) >= 11 is 0. The highest BCUT2D eigenvalue weighted by Gasteiger charge is 2.00. The largest absolute Gasteiger partial charge is 0.456 e. The lowest BCUT2D eigenvalue weighted by Crippen LogP contribution is -2.05. The predicted molar refractivity (Wildman–Crippen MR) is 74.3 cm³/mol. The molecule has 0 aliphatic heterocycles. The van der Waals surface area contributed by atoms with Crippen molar-refractivity contribution in [2.75, 3.05) is 5.32 Å². The quantitative estimate of drug-likeness (QED) is 0.853. The predicted octanol–water partition coefficient (Wildman–Crippen LogP) is 3.16. The zero-order chi connectivity index (χ0) is 13.7. The van der Waals surface area contributed by atoms with Gasteiger partial charge in [0.2, 0.25) is 5.91 Å². The molecule has 0 saturated heterocycles. The first-order chi connectivity index (χ1) is 9.17. The number of ether oxygens (including phenoxy) is 1. The molecule has 0 aliphatic rings. The first kappa shape index (κ1) is 12.8. The smallest absolute Gasteiger partial charge is 0.221 e. The summed E-state index contributed by atoms with van der Waals surface area (Å²) in [6.45, 7) is 4.85. The number of nitrogens with one attached hydrogen (secondary N) is 1. The van der Waals surface area contributed by atoms with Crippen LogP contribution in [0.3, 0.4) is 0 Å². The van der Waals surface area contributed by atoms with Gasteiger partial charge in [-0.15, -0.1) is 0 Å². The molecule has 2 rings (SSSR count). The molecule has 5 nitrogen and oxygen atoms in total. The monoisotopic (exact) mass is 255 g/mol. The molecule has 0 spiro atoms. The van der Waals surface area contributed by atoms with E-state index in [2.05, 4.69) is 22.0 Å². The van der Waals surface area contributed by atoms with Crippen LogP contribution in [0.4, 0.5) is 11.5 Å². The molecule has 0 fully saturated rings. The van der Waals surface area contributed by atoms with Crippen LogP contribution < -0.4 is 10.1 Å². The highest BCUT2D eigenvalue weighted by atomic mass is 16.5. The Bertz CT molecular complexity index is 577. The molecule has 5 heteroatoms. The Labute approximate surface area is 111 Å². The number of aliphatic imine (C=N–C) groups is 1. The van der Waals surface area contributed by atoms with Crippen LogP contribution >= 0.6 is 0 Å². The number of rotatable bonds is 4. The van der Waals surface area contributed by atoms with Gasteiger partial charge in [0, 0.05) is 12.6 Å². The fourth-order valence-corrected chi connectivity index (χ4v) is 1.47. The lowest BCUT2D eigenvalue weighted by Gasteiger charge is -2.06. The fraction of sp³-hybridized carbons (Fsp3) is 0.0714. The second-order valence-corrected chi connectivity index (χ2v) is 3.82. The summed E-state index contributed by atoms with van der Waals surface area (Å²) in [5, 5.41) is 2.68. The van der Waals surface area contributed by atoms with Crippen LogP contribution in [0.2, 0.25) is 0 Å². The van der Waals surface area contributed by atoms with Gasteiger partial charge in [0.05, 0.1) is 6.20 Å². The van der Waals surface area contributed by atoms with E-state index in [0.717, 1.165) is 5.69 Å². The van der Waals surface area contributed by atoms with E-state index in [-0.39, 0.29) is 5.91 Å². The van der Waals surface area contributed by atoms with E-state index < -0.39 is 0 Å². The number of carbonyl (C=O) groups excluding carboxylic acids is 1. The van der Waals surface area contributed by atoms with Crippen molar-refractivity contribution in [1.29, 1.82) is 0 Å². The third-order valence-corrected chi connectivity index (χ3v) is 2.29. The Morgan fingerprint density at radius 3 is 2.42 bits per heavy atom. The maximum absolute atomic E-state index is 10.9. The topological polar surface area (TPSA) is 63.6 Å². The summed E-state index contributed by atoms with van der Waals surface area (Å²) < 4.78 is 5.60. The Morgan fingerprint density at radius 2 is 1.89 bits per heavy atom. The summed E-state index contributed by atoms with van der Waals surface area (Å²) in [5.41, 5.74) is 0.726. The minimum Gasteiger partial charge on any atom is -0.456 e. The third-order valence-electron chi connectivity index (χ3n) is 2.29. The molecule has 19 heavy (non-hydrogen) atoms. The minimum atomic E-state index is -0.106. The van der Waals surface area contributed by atoms with Crippen LogP contribution in [0.1, 0.15) is 6.92 Å². The molecule has 1 aromatic carbocycles. The number of nitrogens with zero attached hydrogens (tertiary/aromatic N) is 2. The van der Waals surface area contributed by atoms with Crippen LogP contribution in [-0.4, -0.2) is 17.6 Å². The van der Waals surface area contributed by atoms with E-state index in [0.29, 0.717) is 17.3 Å². The summed E-state index contributed by atoms with van der Waals surface area (Å²) in [4.78, 5) is 18.6.